The normalized spacial score (nSPS) is 11.5. The van der Waals surface area contributed by atoms with E-state index in [1.807, 2.05) is 6.07 Å². The number of rotatable bonds is 6. The second-order valence-electron chi connectivity index (χ2n) is 3.27. The van der Waals surface area contributed by atoms with Crippen molar-refractivity contribution in [1.29, 1.82) is 0 Å². The van der Waals surface area contributed by atoms with Gasteiger partial charge in [-0.3, -0.25) is 0 Å². The van der Waals surface area contributed by atoms with Gasteiger partial charge in [0.25, 0.3) is 0 Å². The van der Waals surface area contributed by atoms with Crippen LogP contribution in [0.4, 0.5) is 0 Å². The lowest BCUT2D eigenvalue weighted by Crippen LogP contribution is -2.14. The summed E-state index contributed by atoms with van der Waals surface area (Å²) in [6.45, 7) is 0.149. The Morgan fingerprint density at radius 3 is 2.88 bits per heavy atom. The number of nitrogens with zero attached hydrogens (tertiary/aromatic N) is 1. The number of hydrogen-bond donors (Lipinski definition) is 3. The van der Waals surface area contributed by atoms with E-state index in [1.165, 1.54) is 11.8 Å². The third-order valence-corrected chi connectivity index (χ3v) is 3.27. The van der Waals surface area contributed by atoms with Gasteiger partial charge in [0.1, 0.15) is 5.75 Å². The third kappa shape index (κ3) is 3.83. The molecule has 1 rings (SSSR count). The van der Waals surface area contributed by atoms with Crippen LogP contribution in [0.15, 0.2) is 28.3 Å². The fraction of sp³-hybridized carbons (Fsp3) is 0.364. The summed E-state index contributed by atoms with van der Waals surface area (Å²) >= 11 is 1.53. The maximum atomic E-state index is 8.74. The van der Waals surface area contributed by atoms with Crippen LogP contribution in [0.1, 0.15) is 12.0 Å². The maximum absolute atomic E-state index is 8.74. The Morgan fingerprint density at radius 2 is 2.29 bits per heavy atom. The fourth-order valence-electron chi connectivity index (χ4n) is 1.26. The molecule has 0 atom stereocenters. The van der Waals surface area contributed by atoms with Gasteiger partial charge in [-0.2, -0.15) is 0 Å². The molecule has 0 spiro atoms. The highest BCUT2D eigenvalue weighted by molar-refractivity contribution is 7.99. The molecule has 0 unspecified atom stereocenters. The highest BCUT2D eigenvalue weighted by Crippen LogP contribution is 2.27. The molecule has 0 amide bonds. The SMILES string of the molecule is COc1ccc(/C(N)=N/O)c(SCCCO)c1. The predicted octanol–water partition coefficient (Wildman–Crippen LogP) is 1.26. The Labute approximate surface area is 104 Å². The molecule has 6 heteroatoms. The van der Waals surface area contributed by atoms with E-state index in [4.69, 9.17) is 20.8 Å². The molecule has 5 nitrogen and oxygen atoms in total. The molecule has 0 bridgehead atoms. The van der Waals surface area contributed by atoms with Crippen molar-refractivity contribution in [1.82, 2.24) is 0 Å². The Hall–Kier alpha value is -1.40. The van der Waals surface area contributed by atoms with Gasteiger partial charge in [0.05, 0.1) is 7.11 Å². The molecule has 0 saturated heterocycles. The van der Waals surface area contributed by atoms with Crippen LogP contribution in [0, 0.1) is 0 Å². The first-order valence-electron chi connectivity index (χ1n) is 5.12. The fourth-order valence-corrected chi connectivity index (χ4v) is 2.28. The highest BCUT2D eigenvalue weighted by atomic mass is 32.2. The highest BCUT2D eigenvalue weighted by Gasteiger charge is 2.09. The number of nitrogens with two attached hydrogens (primary N) is 1. The van der Waals surface area contributed by atoms with Crippen molar-refractivity contribution < 1.29 is 15.1 Å². The summed E-state index contributed by atoms with van der Waals surface area (Å²) in [4.78, 5) is 0.869. The smallest absolute Gasteiger partial charge is 0.171 e. The number of oxime groups is 1. The Kier molecular flexibility index (Phi) is 5.65. The zero-order valence-corrected chi connectivity index (χ0v) is 10.4. The van der Waals surface area contributed by atoms with Crippen LogP contribution < -0.4 is 10.5 Å². The second kappa shape index (κ2) is 7.03. The van der Waals surface area contributed by atoms with Crippen LogP contribution >= 0.6 is 11.8 Å². The van der Waals surface area contributed by atoms with Gasteiger partial charge in [-0.05, 0) is 24.6 Å². The minimum absolute atomic E-state index is 0.0687. The standard InChI is InChI=1S/C11H16N2O3S/c1-16-8-3-4-9(11(12)13-15)10(7-8)17-6-2-5-14/h3-4,7,14-15H,2,5-6H2,1H3,(H2,12,13). The van der Waals surface area contributed by atoms with Crippen molar-refractivity contribution in [2.45, 2.75) is 11.3 Å². The van der Waals surface area contributed by atoms with Crippen molar-refractivity contribution >= 4 is 17.6 Å². The first-order valence-corrected chi connectivity index (χ1v) is 6.11. The summed E-state index contributed by atoms with van der Waals surface area (Å²) in [5.74, 6) is 1.54. The molecule has 0 aliphatic heterocycles. The van der Waals surface area contributed by atoms with Gasteiger partial charge in [-0.1, -0.05) is 5.16 Å². The number of thioether (sulfide) groups is 1. The quantitative estimate of drug-likeness (QED) is 0.178. The van der Waals surface area contributed by atoms with E-state index in [0.29, 0.717) is 17.7 Å². The van der Waals surface area contributed by atoms with E-state index in [2.05, 4.69) is 5.16 Å². The van der Waals surface area contributed by atoms with Crippen LogP contribution in [0.3, 0.4) is 0 Å². The zero-order valence-electron chi connectivity index (χ0n) is 9.59. The lowest BCUT2D eigenvalue weighted by Gasteiger charge is -2.09. The van der Waals surface area contributed by atoms with Crippen LogP contribution in [0.2, 0.25) is 0 Å². The van der Waals surface area contributed by atoms with Gasteiger partial charge in [-0.15, -0.1) is 11.8 Å². The number of aliphatic hydroxyl groups excluding tert-OH is 1. The molecule has 4 N–H and O–H groups in total. The molecule has 0 radical (unpaired) electrons. The molecule has 17 heavy (non-hydrogen) atoms. The van der Waals surface area contributed by atoms with Crippen molar-refractivity contribution in [3.63, 3.8) is 0 Å². The molecular formula is C11H16N2O3S. The number of hydrogen-bond acceptors (Lipinski definition) is 5. The lowest BCUT2D eigenvalue weighted by atomic mass is 10.2. The predicted molar refractivity (Wildman–Crippen MR) is 67.9 cm³/mol. The number of aliphatic hydroxyl groups is 1. The summed E-state index contributed by atoms with van der Waals surface area (Å²) in [7, 11) is 1.58. The van der Waals surface area contributed by atoms with Crippen LogP contribution in [0.25, 0.3) is 0 Å². The van der Waals surface area contributed by atoms with Gasteiger partial charge >= 0.3 is 0 Å². The monoisotopic (exact) mass is 256 g/mol. The van der Waals surface area contributed by atoms with E-state index in [-0.39, 0.29) is 12.4 Å². The van der Waals surface area contributed by atoms with Crippen LogP contribution in [-0.4, -0.2) is 35.6 Å². The molecule has 1 aromatic rings. The Bertz CT molecular complexity index is 396. The van der Waals surface area contributed by atoms with E-state index >= 15 is 0 Å². The first kappa shape index (κ1) is 13.7. The maximum Gasteiger partial charge on any atom is 0.171 e. The van der Waals surface area contributed by atoms with Gasteiger partial charge in [0.15, 0.2) is 5.84 Å². The zero-order chi connectivity index (χ0) is 12.7. The van der Waals surface area contributed by atoms with Gasteiger partial charge in [0, 0.05) is 22.8 Å². The Balaban J connectivity index is 2.95. The van der Waals surface area contributed by atoms with Crippen LogP contribution in [-0.2, 0) is 0 Å². The number of benzene rings is 1. The molecule has 0 aliphatic carbocycles. The average Bonchev–Trinajstić information content (AvgIpc) is 2.38. The second-order valence-corrected chi connectivity index (χ2v) is 4.41. The summed E-state index contributed by atoms with van der Waals surface area (Å²) in [6, 6.07) is 5.33. The minimum atomic E-state index is 0.0687. The minimum Gasteiger partial charge on any atom is -0.497 e. The van der Waals surface area contributed by atoms with E-state index in [9.17, 15) is 0 Å². The number of amidine groups is 1. The van der Waals surface area contributed by atoms with Crippen molar-refractivity contribution in [3.05, 3.63) is 23.8 Å². The number of ether oxygens (including phenoxy) is 1. The summed E-state index contributed by atoms with van der Waals surface area (Å²) in [5.41, 5.74) is 6.25. The molecule has 94 valence electrons. The van der Waals surface area contributed by atoms with Crippen molar-refractivity contribution in [2.75, 3.05) is 19.5 Å². The molecule has 1 aromatic carbocycles. The average molecular weight is 256 g/mol. The molecule has 0 saturated carbocycles. The van der Waals surface area contributed by atoms with Crippen LogP contribution in [0.5, 0.6) is 5.75 Å². The van der Waals surface area contributed by atoms with E-state index in [1.54, 1.807) is 19.2 Å². The van der Waals surface area contributed by atoms with Gasteiger partial charge < -0.3 is 20.8 Å². The largest absolute Gasteiger partial charge is 0.497 e. The van der Waals surface area contributed by atoms with Crippen molar-refractivity contribution in [2.24, 2.45) is 10.9 Å². The van der Waals surface area contributed by atoms with E-state index in [0.717, 1.165) is 10.6 Å². The molecule has 0 aliphatic rings. The van der Waals surface area contributed by atoms with Crippen molar-refractivity contribution in [3.8, 4) is 5.75 Å². The molecular weight excluding hydrogens is 240 g/mol. The summed E-state index contributed by atoms with van der Waals surface area (Å²) < 4.78 is 5.12. The van der Waals surface area contributed by atoms with Gasteiger partial charge in [0.2, 0.25) is 0 Å². The Morgan fingerprint density at radius 1 is 1.53 bits per heavy atom. The summed E-state index contributed by atoms with van der Waals surface area (Å²) in [5, 5.41) is 20.4. The molecule has 0 heterocycles. The molecule has 0 aromatic heterocycles. The molecule has 0 fully saturated rings. The summed E-state index contributed by atoms with van der Waals surface area (Å²) in [6.07, 6.45) is 0.692. The topological polar surface area (TPSA) is 88.1 Å². The lowest BCUT2D eigenvalue weighted by molar-refractivity contribution is 0.296. The van der Waals surface area contributed by atoms with E-state index < -0.39 is 0 Å². The number of methoxy groups -OCH3 is 1. The first-order chi connectivity index (χ1) is 8.22. The third-order valence-electron chi connectivity index (χ3n) is 2.13. The van der Waals surface area contributed by atoms with Gasteiger partial charge in [-0.25, -0.2) is 0 Å².